The fourth-order valence-electron chi connectivity index (χ4n) is 1.22. The SMILES string of the molecule is COC(=O)Nc1cccc(-c2nc(Cl)nc(Cl)n2)n1. The van der Waals surface area contributed by atoms with Crippen LogP contribution in [0.5, 0.6) is 0 Å². The van der Waals surface area contributed by atoms with Gasteiger partial charge < -0.3 is 4.74 Å². The molecular weight excluding hydrogens is 293 g/mol. The summed E-state index contributed by atoms with van der Waals surface area (Å²) in [5, 5.41) is 2.34. The molecular formula is C10H7Cl2N5O2. The van der Waals surface area contributed by atoms with Gasteiger partial charge in [0, 0.05) is 0 Å². The van der Waals surface area contributed by atoms with Gasteiger partial charge >= 0.3 is 6.09 Å². The molecule has 7 nitrogen and oxygen atoms in total. The van der Waals surface area contributed by atoms with Crippen LogP contribution in [0.25, 0.3) is 11.5 Å². The Morgan fingerprint density at radius 1 is 1.16 bits per heavy atom. The fourth-order valence-corrected chi connectivity index (χ4v) is 1.59. The van der Waals surface area contributed by atoms with Crippen LogP contribution < -0.4 is 5.32 Å². The monoisotopic (exact) mass is 299 g/mol. The zero-order valence-corrected chi connectivity index (χ0v) is 11.1. The van der Waals surface area contributed by atoms with E-state index in [1.165, 1.54) is 7.11 Å². The van der Waals surface area contributed by atoms with Crippen molar-refractivity contribution >= 4 is 35.1 Å². The lowest BCUT2D eigenvalue weighted by molar-refractivity contribution is 0.187. The van der Waals surface area contributed by atoms with E-state index in [1.807, 2.05) is 0 Å². The molecule has 2 aromatic heterocycles. The first kappa shape index (κ1) is 13.4. The molecule has 0 atom stereocenters. The zero-order chi connectivity index (χ0) is 13.8. The van der Waals surface area contributed by atoms with E-state index in [4.69, 9.17) is 23.2 Å². The first-order valence-electron chi connectivity index (χ1n) is 4.98. The number of carbonyl (C=O) groups excluding carboxylic acids is 1. The van der Waals surface area contributed by atoms with Crippen LogP contribution in [0.2, 0.25) is 10.6 Å². The Kier molecular flexibility index (Phi) is 4.08. The van der Waals surface area contributed by atoms with Gasteiger partial charge in [-0.3, -0.25) is 5.32 Å². The van der Waals surface area contributed by atoms with Gasteiger partial charge in [-0.15, -0.1) is 0 Å². The third-order valence-electron chi connectivity index (χ3n) is 1.97. The van der Waals surface area contributed by atoms with Gasteiger partial charge in [0.05, 0.1) is 7.11 Å². The van der Waals surface area contributed by atoms with Gasteiger partial charge in [-0.2, -0.15) is 15.0 Å². The van der Waals surface area contributed by atoms with Gasteiger partial charge in [0.1, 0.15) is 11.5 Å². The highest BCUT2D eigenvalue weighted by Gasteiger charge is 2.09. The molecule has 0 saturated carbocycles. The predicted octanol–water partition coefficient (Wildman–Crippen LogP) is 2.42. The normalized spacial score (nSPS) is 10.1. The van der Waals surface area contributed by atoms with Gasteiger partial charge in [-0.1, -0.05) is 6.07 Å². The Balaban J connectivity index is 2.34. The van der Waals surface area contributed by atoms with E-state index in [0.717, 1.165) is 0 Å². The predicted molar refractivity (Wildman–Crippen MR) is 69.1 cm³/mol. The summed E-state index contributed by atoms with van der Waals surface area (Å²) in [7, 11) is 1.25. The molecule has 98 valence electrons. The lowest BCUT2D eigenvalue weighted by atomic mass is 10.3. The number of ether oxygens (including phenoxy) is 1. The minimum absolute atomic E-state index is 0.0388. The van der Waals surface area contributed by atoms with Crippen molar-refractivity contribution < 1.29 is 9.53 Å². The minimum Gasteiger partial charge on any atom is -0.453 e. The van der Waals surface area contributed by atoms with Crippen molar-refractivity contribution in [2.45, 2.75) is 0 Å². The molecule has 0 bridgehead atoms. The topological polar surface area (TPSA) is 89.9 Å². The van der Waals surface area contributed by atoms with Gasteiger partial charge in [0.25, 0.3) is 0 Å². The molecule has 2 aromatic rings. The number of halogens is 2. The number of carbonyl (C=O) groups is 1. The lowest BCUT2D eigenvalue weighted by Crippen LogP contribution is -2.12. The van der Waals surface area contributed by atoms with Crippen molar-refractivity contribution in [2.75, 3.05) is 12.4 Å². The Labute approximate surface area is 118 Å². The average molecular weight is 300 g/mol. The molecule has 1 N–H and O–H groups in total. The van der Waals surface area contributed by atoms with E-state index in [0.29, 0.717) is 5.69 Å². The number of methoxy groups -OCH3 is 1. The average Bonchev–Trinajstić information content (AvgIpc) is 2.38. The molecule has 2 rings (SSSR count). The molecule has 0 unspecified atom stereocenters. The van der Waals surface area contributed by atoms with E-state index in [2.05, 4.69) is 30.0 Å². The van der Waals surface area contributed by atoms with Gasteiger partial charge in [0.15, 0.2) is 5.82 Å². The zero-order valence-electron chi connectivity index (χ0n) is 9.59. The maximum absolute atomic E-state index is 11.1. The number of anilines is 1. The maximum atomic E-state index is 11.1. The molecule has 0 radical (unpaired) electrons. The number of nitrogens with one attached hydrogen (secondary N) is 1. The summed E-state index contributed by atoms with van der Waals surface area (Å²) in [6.45, 7) is 0. The number of pyridine rings is 1. The Morgan fingerprint density at radius 3 is 2.47 bits per heavy atom. The number of rotatable bonds is 2. The molecule has 0 fully saturated rings. The standard InChI is InChI=1S/C10H7Cl2N5O2/c1-19-10(18)14-6-4-2-3-5(13-6)7-15-8(11)17-9(12)16-7/h2-4H,1H3,(H,13,14,18). The van der Waals surface area contributed by atoms with E-state index in [9.17, 15) is 4.79 Å². The van der Waals surface area contributed by atoms with E-state index in [-0.39, 0.29) is 22.2 Å². The fraction of sp³-hybridized carbons (Fsp3) is 0.100. The summed E-state index contributed by atoms with van der Waals surface area (Å²) in [5.74, 6) is 0.496. The highest BCUT2D eigenvalue weighted by molar-refractivity contribution is 6.31. The molecule has 0 aromatic carbocycles. The maximum Gasteiger partial charge on any atom is 0.412 e. The van der Waals surface area contributed by atoms with Crippen molar-refractivity contribution in [3.63, 3.8) is 0 Å². The van der Waals surface area contributed by atoms with E-state index in [1.54, 1.807) is 18.2 Å². The summed E-state index contributed by atoms with van der Waals surface area (Å²) in [6, 6.07) is 4.90. The summed E-state index contributed by atoms with van der Waals surface area (Å²) < 4.78 is 4.46. The van der Waals surface area contributed by atoms with Gasteiger partial charge in [-0.25, -0.2) is 9.78 Å². The summed E-state index contributed by atoms with van der Waals surface area (Å²) in [5.41, 5.74) is 0.389. The van der Waals surface area contributed by atoms with Crippen LogP contribution in [0.15, 0.2) is 18.2 Å². The summed E-state index contributed by atoms with van der Waals surface area (Å²) in [4.78, 5) is 26.6. The minimum atomic E-state index is -0.628. The molecule has 0 aliphatic heterocycles. The number of aromatic nitrogens is 4. The van der Waals surface area contributed by atoms with E-state index >= 15 is 0 Å². The second-order valence-electron chi connectivity index (χ2n) is 3.22. The summed E-state index contributed by atoms with van der Waals surface area (Å²) in [6.07, 6.45) is -0.628. The second-order valence-corrected chi connectivity index (χ2v) is 3.90. The highest BCUT2D eigenvalue weighted by Crippen LogP contribution is 2.17. The lowest BCUT2D eigenvalue weighted by Gasteiger charge is -2.05. The van der Waals surface area contributed by atoms with Gasteiger partial charge in [-0.05, 0) is 35.3 Å². The molecule has 0 aliphatic carbocycles. The largest absolute Gasteiger partial charge is 0.453 e. The number of amides is 1. The molecule has 19 heavy (non-hydrogen) atoms. The first-order chi connectivity index (χ1) is 9.08. The van der Waals surface area contributed by atoms with Crippen LogP contribution >= 0.6 is 23.2 Å². The molecule has 0 saturated heterocycles. The first-order valence-corrected chi connectivity index (χ1v) is 5.73. The van der Waals surface area contributed by atoms with Crippen LogP contribution in [-0.2, 0) is 4.74 Å². The molecule has 0 spiro atoms. The Bertz CT molecular complexity index is 602. The van der Waals surface area contributed by atoms with Gasteiger partial charge in [0.2, 0.25) is 10.6 Å². The van der Waals surface area contributed by atoms with Crippen molar-refractivity contribution in [1.29, 1.82) is 0 Å². The molecule has 2 heterocycles. The van der Waals surface area contributed by atoms with E-state index < -0.39 is 6.09 Å². The molecule has 0 aliphatic rings. The number of hydrogen-bond donors (Lipinski definition) is 1. The Hall–Kier alpha value is -1.99. The summed E-state index contributed by atoms with van der Waals surface area (Å²) >= 11 is 11.4. The molecule has 1 amide bonds. The van der Waals surface area contributed by atoms with Crippen LogP contribution in [0.4, 0.5) is 10.6 Å². The third kappa shape index (κ3) is 3.49. The van der Waals surface area contributed by atoms with Crippen LogP contribution in [0.3, 0.4) is 0 Å². The quantitative estimate of drug-likeness (QED) is 0.916. The van der Waals surface area contributed by atoms with Crippen molar-refractivity contribution in [3.8, 4) is 11.5 Å². The second kappa shape index (κ2) is 5.77. The number of nitrogens with zero attached hydrogens (tertiary/aromatic N) is 4. The van der Waals surface area contributed by atoms with Crippen LogP contribution in [0, 0.1) is 0 Å². The highest BCUT2D eigenvalue weighted by atomic mass is 35.5. The van der Waals surface area contributed by atoms with Crippen LogP contribution in [-0.4, -0.2) is 33.1 Å². The number of hydrogen-bond acceptors (Lipinski definition) is 6. The van der Waals surface area contributed by atoms with Crippen molar-refractivity contribution in [1.82, 2.24) is 19.9 Å². The van der Waals surface area contributed by atoms with Crippen molar-refractivity contribution in [3.05, 3.63) is 28.8 Å². The smallest absolute Gasteiger partial charge is 0.412 e. The Morgan fingerprint density at radius 2 is 1.84 bits per heavy atom. The molecule has 9 heteroatoms. The van der Waals surface area contributed by atoms with Crippen LogP contribution in [0.1, 0.15) is 0 Å². The third-order valence-corrected chi connectivity index (χ3v) is 2.31. The van der Waals surface area contributed by atoms with Crippen molar-refractivity contribution in [2.24, 2.45) is 0 Å².